The topological polar surface area (TPSA) is 0 Å². The van der Waals surface area contributed by atoms with Gasteiger partial charge in [0.05, 0.1) is 0 Å². The van der Waals surface area contributed by atoms with E-state index in [4.69, 9.17) is 0 Å². The SMILES string of the molecule is Cc1c(C)c(CC[Si](C)(C)CCS)c(C)c(C)c1CCC12C3C4C5C3C1C5C42. The van der Waals surface area contributed by atoms with Crippen molar-refractivity contribution < 1.29 is 0 Å². The van der Waals surface area contributed by atoms with Crippen LogP contribution in [-0.2, 0) is 12.8 Å². The summed E-state index contributed by atoms with van der Waals surface area (Å²) >= 11 is 4.50. The van der Waals surface area contributed by atoms with Crippen molar-refractivity contribution in [2.24, 2.45) is 46.8 Å². The third-order valence-electron chi connectivity index (χ3n) is 11.3. The lowest BCUT2D eigenvalue weighted by molar-refractivity contribution is -0.616. The molecule has 1 aromatic rings. The van der Waals surface area contributed by atoms with Crippen molar-refractivity contribution in [3.63, 3.8) is 0 Å². The third kappa shape index (κ3) is 1.80. The molecule has 1 aromatic carbocycles. The summed E-state index contributed by atoms with van der Waals surface area (Å²) in [5.74, 6) is 9.64. The number of hydrogen-bond donors (Lipinski definition) is 1. The van der Waals surface area contributed by atoms with Gasteiger partial charge in [-0.2, -0.15) is 12.6 Å². The fourth-order valence-electron chi connectivity index (χ4n) is 9.62. The number of benzene rings is 1. The fourth-order valence-corrected chi connectivity index (χ4v) is 13.2. The van der Waals surface area contributed by atoms with E-state index in [1.54, 1.807) is 33.4 Å². The maximum atomic E-state index is 4.50. The normalized spacial score (nSPS) is 42.8. The molecule has 152 valence electrons. The molecule has 7 rings (SSSR count). The highest BCUT2D eigenvalue weighted by atomic mass is 32.1. The van der Waals surface area contributed by atoms with Crippen molar-refractivity contribution in [1.29, 1.82) is 0 Å². The van der Waals surface area contributed by atoms with Gasteiger partial charge in [0.15, 0.2) is 0 Å². The van der Waals surface area contributed by atoms with Crippen LogP contribution < -0.4 is 0 Å². The molecule has 0 radical (unpaired) electrons. The third-order valence-corrected chi connectivity index (χ3v) is 15.1. The van der Waals surface area contributed by atoms with Crippen LogP contribution in [0.1, 0.15) is 39.8 Å². The van der Waals surface area contributed by atoms with E-state index in [1.807, 2.05) is 0 Å². The first-order valence-electron chi connectivity index (χ1n) is 12.0. The summed E-state index contributed by atoms with van der Waals surface area (Å²) in [6, 6.07) is 2.76. The lowest BCUT2D eigenvalue weighted by Crippen LogP contribution is -3.05. The van der Waals surface area contributed by atoms with Crippen molar-refractivity contribution in [2.75, 3.05) is 5.75 Å². The summed E-state index contributed by atoms with van der Waals surface area (Å²) in [6.45, 7) is 14.8. The van der Waals surface area contributed by atoms with E-state index in [2.05, 4.69) is 53.4 Å². The molecule has 0 spiro atoms. The Balaban J connectivity index is 1.20. The Morgan fingerprint density at radius 3 is 1.64 bits per heavy atom. The van der Waals surface area contributed by atoms with E-state index in [9.17, 15) is 0 Å². The Hall–Kier alpha value is -0.213. The molecule has 0 bridgehead atoms. The van der Waals surface area contributed by atoms with Crippen molar-refractivity contribution in [3.8, 4) is 0 Å². The van der Waals surface area contributed by atoms with E-state index in [1.165, 1.54) is 72.8 Å². The highest BCUT2D eigenvalue weighted by Gasteiger charge is 3.03. The van der Waals surface area contributed by atoms with Crippen molar-refractivity contribution in [2.45, 2.75) is 72.1 Å². The van der Waals surface area contributed by atoms with Gasteiger partial charge in [0, 0.05) is 8.07 Å². The first-order valence-corrected chi connectivity index (χ1v) is 16.0. The van der Waals surface area contributed by atoms with Crippen molar-refractivity contribution in [1.82, 2.24) is 0 Å². The summed E-state index contributed by atoms with van der Waals surface area (Å²) in [5, 5.41) is 0. The molecule has 0 nitrogen and oxygen atoms in total. The highest BCUT2D eigenvalue weighted by Crippen LogP contribution is 3.06. The van der Waals surface area contributed by atoms with Gasteiger partial charge < -0.3 is 0 Å². The Morgan fingerprint density at radius 2 is 1.18 bits per heavy atom. The van der Waals surface area contributed by atoms with E-state index in [-0.39, 0.29) is 0 Å². The molecule has 0 saturated heterocycles. The zero-order valence-corrected chi connectivity index (χ0v) is 20.6. The lowest BCUT2D eigenvalue weighted by Gasteiger charge is -3.08. The smallest absolute Gasteiger partial charge is 0.0485 e. The second-order valence-electron chi connectivity index (χ2n) is 12.1. The predicted octanol–water partition coefficient (Wildman–Crippen LogP) is 6.40. The lowest BCUT2D eigenvalue weighted by atomic mass is 8.96. The Morgan fingerprint density at radius 1 is 0.714 bits per heavy atom. The average Bonchev–Trinajstić information content (AvgIpc) is 2.66. The van der Waals surface area contributed by atoms with Gasteiger partial charge in [-0.05, 0) is 139 Å². The van der Waals surface area contributed by atoms with Gasteiger partial charge in [0.2, 0.25) is 0 Å². The standard InChI is InChI=1S/C26H38SSi/c1-13-15(3)18(8-11-28(5,6)12-10-27)16(4)14(2)17(13)7-9-26-23-20-19-21(23)25(26)22(19)24(20)26/h19-25,27H,7-12H2,1-6H3. The van der Waals surface area contributed by atoms with Gasteiger partial charge in [0.1, 0.15) is 0 Å². The van der Waals surface area contributed by atoms with Crippen LogP contribution in [0.5, 0.6) is 0 Å². The molecule has 0 heterocycles. The van der Waals surface area contributed by atoms with E-state index in [0.717, 1.165) is 11.2 Å². The monoisotopic (exact) mass is 410 g/mol. The summed E-state index contributed by atoms with van der Waals surface area (Å²) < 4.78 is 0. The molecule has 6 saturated carbocycles. The zero-order chi connectivity index (χ0) is 19.7. The zero-order valence-electron chi connectivity index (χ0n) is 18.7. The molecular formula is C26H38SSi. The summed E-state index contributed by atoms with van der Waals surface area (Å²) in [6.07, 6.45) is 4.17. The molecule has 0 atom stereocenters. The Bertz CT molecular complexity index is 801. The molecule has 6 aliphatic rings. The summed E-state index contributed by atoms with van der Waals surface area (Å²) in [5.41, 5.74) is 10.8. The first-order chi connectivity index (χ1) is 13.3. The van der Waals surface area contributed by atoms with E-state index < -0.39 is 8.07 Å². The van der Waals surface area contributed by atoms with E-state index >= 15 is 0 Å². The minimum absolute atomic E-state index is 0.872. The maximum absolute atomic E-state index is 4.50. The fraction of sp³-hybridized carbons (Fsp3) is 0.769. The van der Waals surface area contributed by atoms with Gasteiger partial charge in [-0.15, -0.1) is 0 Å². The molecule has 2 heteroatoms. The van der Waals surface area contributed by atoms with Crippen molar-refractivity contribution in [3.05, 3.63) is 33.4 Å². The molecular weight excluding hydrogens is 372 g/mol. The number of thiol groups is 1. The van der Waals surface area contributed by atoms with E-state index in [0.29, 0.717) is 0 Å². The molecule has 6 fully saturated rings. The Kier molecular flexibility index (Phi) is 3.66. The highest BCUT2D eigenvalue weighted by molar-refractivity contribution is 7.80. The molecule has 6 aliphatic carbocycles. The van der Waals surface area contributed by atoms with Crippen LogP contribution in [0.15, 0.2) is 0 Å². The molecule has 0 aliphatic heterocycles. The van der Waals surface area contributed by atoms with Crippen LogP contribution in [0.4, 0.5) is 0 Å². The number of rotatable bonds is 8. The first kappa shape index (κ1) is 18.5. The minimum Gasteiger partial charge on any atom is -0.180 e. The average molecular weight is 411 g/mol. The van der Waals surface area contributed by atoms with Gasteiger partial charge in [0.25, 0.3) is 0 Å². The van der Waals surface area contributed by atoms with Gasteiger partial charge in [-0.3, -0.25) is 0 Å². The second kappa shape index (κ2) is 5.52. The number of hydrogen-bond acceptors (Lipinski definition) is 1. The van der Waals surface area contributed by atoms with Gasteiger partial charge in [-0.1, -0.05) is 19.1 Å². The second-order valence-corrected chi connectivity index (χ2v) is 17.9. The van der Waals surface area contributed by atoms with Crippen LogP contribution >= 0.6 is 12.6 Å². The summed E-state index contributed by atoms with van der Waals surface area (Å²) in [7, 11) is -1.10. The van der Waals surface area contributed by atoms with Gasteiger partial charge >= 0.3 is 0 Å². The van der Waals surface area contributed by atoms with Gasteiger partial charge in [-0.25, -0.2) is 0 Å². The minimum atomic E-state index is -1.10. The molecule has 28 heavy (non-hydrogen) atoms. The predicted molar refractivity (Wildman–Crippen MR) is 125 cm³/mol. The van der Waals surface area contributed by atoms with Crippen molar-refractivity contribution >= 4 is 20.7 Å². The maximum Gasteiger partial charge on any atom is 0.0485 e. The molecule has 0 aromatic heterocycles. The van der Waals surface area contributed by atoms with Crippen LogP contribution in [0.2, 0.25) is 25.2 Å². The summed E-state index contributed by atoms with van der Waals surface area (Å²) in [4.78, 5) is 0. The quantitative estimate of drug-likeness (QED) is 0.372. The Labute approximate surface area is 178 Å². The largest absolute Gasteiger partial charge is 0.180 e. The van der Waals surface area contributed by atoms with Crippen LogP contribution in [-0.4, -0.2) is 13.8 Å². The van der Waals surface area contributed by atoms with Crippen LogP contribution in [0, 0.1) is 74.5 Å². The van der Waals surface area contributed by atoms with Crippen LogP contribution in [0.3, 0.4) is 0 Å². The molecule has 0 N–H and O–H groups in total. The molecule has 0 unspecified atom stereocenters. The molecule has 0 amide bonds. The van der Waals surface area contributed by atoms with Crippen LogP contribution in [0.25, 0.3) is 0 Å².